The van der Waals surface area contributed by atoms with Gasteiger partial charge < -0.3 is 0 Å². The molecule has 2 heterocycles. The summed E-state index contributed by atoms with van der Waals surface area (Å²) in [5.41, 5.74) is 1.43. The summed E-state index contributed by atoms with van der Waals surface area (Å²) in [4.78, 5) is 5.27. The number of nitrogens with zero attached hydrogens (tertiary/aromatic N) is 4. The Balaban J connectivity index is 2.68. The molecule has 2 aromatic heterocycles. The van der Waals surface area contributed by atoms with Crippen LogP contribution in [0.25, 0.3) is 4.96 Å². The Hall–Kier alpha value is -1.41. The minimum atomic E-state index is 0.263. The molecule has 78 valence electrons. The van der Waals surface area contributed by atoms with Crippen LogP contribution in [0.1, 0.15) is 43.1 Å². The van der Waals surface area contributed by atoms with Gasteiger partial charge in [-0.15, -0.1) is 0 Å². The molecular formula is C10H12N4S. The molecule has 0 bridgehead atoms. The second kappa shape index (κ2) is 3.63. The maximum Gasteiger partial charge on any atom is 0.213 e. The molecule has 2 rings (SSSR count). The Labute approximate surface area is 92.2 Å². The summed E-state index contributed by atoms with van der Waals surface area (Å²) in [7, 11) is 0. The van der Waals surface area contributed by atoms with Gasteiger partial charge in [0, 0.05) is 0 Å². The lowest BCUT2D eigenvalue weighted by Gasteiger charge is -1.98. The van der Waals surface area contributed by atoms with Crippen molar-refractivity contribution in [3.8, 4) is 6.07 Å². The fraction of sp³-hybridized carbons (Fsp3) is 0.500. The van der Waals surface area contributed by atoms with Crippen LogP contribution in [0.3, 0.4) is 0 Å². The average molecular weight is 220 g/mol. The van der Waals surface area contributed by atoms with Gasteiger partial charge in [0.25, 0.3) is 0 Å². The molecule has 0 atom stereocenters. The topological polar surface area (TPSA) is 54.0 Å². The third-order valence-electron chi connectivity index (χ3n) is 2.23. The normalized spacial score (nSPS) is 11.1. The van der Waals surface area contributed by atoms with Crippen LogP contribution in [0.2, 0.25) is 0 Å². The number of imidazole rings is 1. The maximum atomic E-state index is 9.09. The minimum Gasteiger partial charge on any atom is -0.221 e. The molecule has 0 aliphatic rings. The maximum absolute atomic E-state index is 9.09. The summed E-state index contributed by atoms with van der Waals surface area (Å²) in [6.45, 7) is 6.12. The van der Waals surface area contributed by atoms with Gasteiger partial charge in [-0.05, 0) is 12.3 Å². The zero-order chi connectivity index (χ0) is 11.0. The van der Waals surface area contributed by atoms with Crippen molar-refractivity contribution in [2.45, 2.75) is 33.1 Å². The van der Waals surface area contributed by atoms with E-state index >= 15 is 0 Å². The highest BCUT2D eigenvalue weighted by atomic mass is 32.1. The quantitative estimate of drug-likeness (QED) is 0.780. The van der Waals surface area contributed by atoms with Gasteiger partial charge >= 0.3 is 0 Å². The lowest BCUT2D eigenvalue weighted by molar-refractivity contribution is 0.818. The van der Waals surface area contributed by atoms with Crippen LogP contribution < -0.4 is 0 Å². The standard InChI is InChI=1S/C10H12N4S/c1-4-8-13-14-7(5-11)9(6(2)3)12-10(14)15-8/h6H,4H2,1-3H3. The van der Waals surface area contributed by atoms with Gasteiger partial charge in [-0.2, -0.15) is 14.9 Å². The van der Waals surface area contributed by atoms with Crippen LogP contribution >= 0.6 is 11.3 Å². The van der Waals surface area contributed by atoms with Crippen molar-refractivity contribution < 1.29 is 0 Å². The van der Waals surface area contributed by atoms with Crippen molar-refractivity contribution in [3.05, 3.63) is 16.4 Å². The Morgan fingerprint density at radius 1 is 1.53 bits per heavy atom. The number of hydrogen-bond acceptors (Lipinski definition) is 4. The number of nitriles is 1. The third kappa shape index (κ3) is 1.51. The van der Waals surface area contributed by atoms with Gasteiger partial charge in [-0.1, -0.05) is 32.1 Å². The summed E-state index contributed by atoms with van der Waals surface area (Å²) < 4.78 is 1.67. The molecule has 0 aromatic carbocycles. The SMILES string of the molecule is CCc1nn2c(C#N)c(C(C)C)nc2s1. The van der Waals surface area contributed by atoms with E-state index in [9.17, 15) is 0 Å². The summed E-state index contributed by atoms with van der Waals surface area (Å²) in [6.07, 6.45) is 0.885. The van der Waals surface area contributed by atoms with Gasteiger partial charge in [-0.3, -0.25) is 0 Å². The zero-order valence-electron chi connectivity index (χ0n) is 8.98. The van der Waals surface area contributed by atoms with Crippen LogP contribution in [0.4, 0.5) is 0 Å². The number of fused-ring (bicyclic) bond motifs is 1. The lowest BCUT2D eigenvalue weighted by Crippen LogP contribution is -1.95. The lowest BCUT2D eigenvalue weighted by atomic mass is 10.1. The highest BCUT2D eigenvalue weighted by molar-refractivity contribution is 7.16. The van der Waals surface area contributed by atoms with Gasteiger partial charge in [0.2, 0.25) is 4.96 Å². The van der Waals surface area contributed by atoms with Gasteiger partial charge in [-0.25, -0.2) is 4.98 Å². The predicted molar refractivity (Wildman–Crippen MR) is 59.0 cm³/mol. The van der Waals surface area contributed by atoms with Gasteiger partial charge in [0.15, 0.2) is 5.69 Å². The van der Waals surface area contributed by atoms with E-state index < -0.39 is 0 Å². The monoisotopic (exact) mass is 220 g/mol. The van der Waals surface area contributed by atoms with E-state index in [1.165, 1.54) is 0 Å². The largest absolute Gasteiger partial charge is 0.221 e. The molecule has 2 aromatic rings. The fourth-order valence-corrected chi connectivity index (χ4v) is 2.29. The predicted octanol–water partition coefficient (Wildman–Crippen LogP) is 2.35. The van der Waals surface area contributed by atoms with Crippen molar-refractivity contribution in [3.63, 3.8) is 0 Å². The first-order valence-corrected chi connectivity index (χ1v) is 5.77. The van der Waals surface area contributed by atoms with E-state index in [1.54, 1.807) is 15.9 Å². The Morgan fingerprint density at radius 2 is 2.27 bits per heavy atom. The molecule has 0 saturated heterocycles. The van der Waals surface area contributed by atoms with Crippen LogP contribution in [0, 0.1) is 11.3 Å². The molecule has 15 heavy (non-hydrogen) atoms. The van der Waals surface area contributed by atoms with E-state index in [4.69, 9.17) is 5.26 Å². The average Bonchev–Trinajstić information content (AvgIpc) is 2.72. The molecule has 0 unspecified atom stereocenters. The summed E-state index contributed by atoms with van der Waals surface area (Å²) in [5.74, 6) is 0.263. The molecule has 5 heteroatoms. The first kappa shape index (κ1) is 10.1. The molecule has 4 nitrogen and oxygen atoms in total. The summed E-state index contributed by atoms with van der Waals surface area (Å²) in [5, 5.41) is 14.5. The highest BCUT2D eigenvalue weighted by Crippen LogP contribution is 2.23. The smallest absolute Gasteiger partial charge is 0.213 e. The minimum absolute atomic E-state index is 0.263. The summed E-state index contributed by atoms with van der Waals surface area (Å²) >= 11 is 1.55. The van der Waals surface area contributed by atoms with Crippen LogP contribution in [-0.2, 0) is 6.42 Å². The number of aryl methyl sites for hydroxylation is 1. The molecule has 0 saturated carbocycles. The van der Waals surface area contributed by atoms with E-state index in [0.717, 1.165) is 22.1 Å². The molecule has 0 aliphatic heterocycles. The van der Waals surface area contributed by atoms with E-state index in [-0.39, 0.29) is 5.92 Å². The van der Waals surface area contributed by atoms with Crippen molar-refractivity contribution in [2.24, 2.45) is 0 Å². The molecule has 0 amide bonds. The van der Waals surface area contributed by atoms with Crippen molar-refractivity contribution in [1.82, 2.24) is 14.6 Å². The van der Waals surface area contributed by atoms with E-state index in [0.29, 0.717) is 5.69 Å². The second-order valence-corrected chi connectivity index (χ2v) is 4.70. The molecule has 0 spiro atoms. The number of hydrogen-bond donors (Lipinski definition) is 0. The van der Waals surface area contributed by atoms with Crippen LogP contribution in [0.5, 0.6) is 0 Å². The second-order valence-electron chi connectivity index (χ2n) is 3.66. The molecule has 0 radical (unpaired) electrons. The van der Waals surface area contributed by atoms with Crippen LogP contribution in [-0.4, -0.2) is 14.6 Å². The molecular weight excluding hydrogens is 208 g/mol. The van der Waals surface area contributed by atoms with Crippen molar-refractivity contribution >= 4 is 16.3 Å². The Kier molecular flexibility index (Phi) is 2.45. The molecule has 0 fully saturated rings. The first-order chi connectivity index (χ1) is 7.17. The fourth-order valence-electron chi connectivity index (χ4n) is 1.45. The number of aromatic nitrogens is 3. The van der Waals surface area contributed by atoms with Gasteiger partial charge in [0.1, 0.15) is 11.1 Å². The first-order valence-electron chi connectivity index (χ1n) is 4.95. The number of rotatable bonds is 2. The van der Waals surface area contributed by atoms with Crippen molar-refractivity contribution in [2.75, 3.05) is 0 Å². The Bertz CT molecular complexity index is 529. The highest BCUT2D eigenvalue weighted by Gasteiger charge is 2.17. The Morgan fingerprint density at radius 3 is 2.80 bits per heavy atom. The molecule has 0 aliphatic carbocycles. The van der Waals surface area contributed by atoms with Crippen LogP contribution in [0.15, 0.2) is 0 Å². The van der Waals surface area contributed by atoms with E-state index in [2.05, 4.69) is 16.2 Å². The van der Waals surface area contributed by atoms with Gasteiger partial charge in [0.05, 0.1) is 5.69 Å². The molecule has 0 N–H and O–H groups in total. The third-order valence-corrected chi connectivity index (χ3v) is 3.28. The summed E-state index contributed by atoms with van der Waals surface area (Å²) in [6, 6.07) is 2.18. The van der Waals surface area contributed by atoms with E-state index in [1.807, 2.05) is 20.8 Å². The zero-order valence-corrected chi connectivity index (χ0v) is 9.80. The van der Waals surface area contributed by atoms with Crippen molar-refractivity contribution in [1.29, 1.82) is 5.26 Å².